The summed E-state index contributed by atoms with van der Waals surface area (Å²) in [5, 5.41) is 6.90. The number of nitrogens with one attached hydrogen (secondary N) is 1. The number of rotatable bonds is 3. The van der Waals surface area contributed by atoms with Gasteiger partial charge in [-0.2, -0.15) is 5.10 Å². The van der Waals surface area contributed by atoms with Crippen LogP contribution in [0, 0.1) is 5.82 Å². The molecule has 0 aliphatic rings. The van der Waals surface area contributed by atoms with Gasteiger partial charge in [0, 0.05) is 11.0 Å². The summed E-state index contributed by atoms with van der Waals surface area (Å²) in [6.07, 6.45) is 0. The summed E-state index contributed by atoms with van der Waals surface area (Å²) >= 11 is 3.33. The van der Waals surface area contributed by atoms with Crippen LogP contribution in [0.1, 0.15) is 17.4 Å². The van der Waals surface area contributed by atoms with Gasteiger partial charge in [0.15, 0.2) is 5.69 Å². The van der Waals surface area contributed by atoms with Crippen LogP contribution in [0.5, 0.6) is 0 Å². The van der Waals surface area contributed by atoms with Crippen LogP contribution in [-0.4, -0.2) is 15.7 Å². The van der Waals surface area contributed by atoms with E-state index in [9.17, 15) is 14.0 Å². The molecule has 0 saturated carbocycles. The normalized spacial score (nSPS) is 10.8. The summed E-state index contributed by atoms with van der Waals surface area (Å²) in [7, 11) is 0. The zero-order chi connectivity index (χ0) is 17.3. The molecule has 0 aliphatic carbocycles. The lowest BCUT2D eigenvalue weighted by Crippen LogP contribution is -2.27. The zero-order valence-electron chi connectivity index (χ0n) is 12.7. The second kappa shape index (κ2) is 6.52. The molecule has 0 fully saturated rings. The van der Waals surface area contributed by atoms with Gasteiger partial charge in [-0.05, 0) is 53.2 Å². The minimum absolute atomic E-state index is 0.129. The summed E-state index contributed by atoms with van der Waals surface area (Å²) in [4.78, 5) is 25.0. The van der Waals surface area contributed by atoms with Crippen molar-refractivity contribution in [1.82, 2.24) is 9.78 Å². The summed E-state index contributed by atoms with van der Waals surface area (Å²) in [5.41, 5.74) is 0.136. The summed E-state index contributed by atoms with van der Waals surface area (Å²) in [6.45, 7) is 2.27. The van der Waals surface area contributed by atoms with Crippen molar-refractivity contribution in [2.45, 2.75) is 13.5 Å². The number of amides is 1. The average Bonchev–Trinajstić information content (AvgIpc) is 2.57. The van der Waals surface area contributed by atoms with Gasteiger partial charge < -0.3 is 5.32 Å². The molecule has 7 heteroatoms. The van der Waals surface area contributed by atoms with Crippen LogP contribution < -0.4 is 10.7 Å². The van der Waals surface area contributed by atoms with Crippen LogP contribution >= 0.6 is 15.9 Å². The SMILES string of the molecule is CCn1nc(C(=O)Nc2ccccc2Br)c(=O)c2cc(F)ccc21. The Labute approximate surface area is 145 Å². The molecule has 0 spiro atoms. The molecule has 2 aromatic carbocycles. The van der Waals surface area contributed by atoms with Crippen LogP contribution in [0.15, 0.2) is 51.7 Å². The predicted molar refractivity (Wildman–Crippen MR) is 93.7 cm³/mol. The third kappa shape index (κ3) is 2.94. The van der Waals surface area contributed by atoms with Gasteiger partial charge in [-0.3, -0.25) is 14.3 Å². The molecule has 122 valence electrons. The fourth-order valence-electron chi connectivity index (χ4n) is 2.40. The second-order valence-electron chi connectivity index (χ2n) is 5.09. The molecular weight excluding hydrogens is 377 g/mol. The van der Waals surface area contributed by atoms with Crippen LogP contribution in [0.3, 0.4) is 0 Å². The molecule has 5 nitrogen and oxygen atoms in total. The van der Waals surface area contributed by atoms with E-state index in [0.717, 1.165) is 6.07 Å². The van der Waals surface area contributed by atoms with Crippen LogP contribution in [0.4, 0.5) is 10.1 Å². The number of aromatic nitrogens is 2. The van der Waals surface area contributed by atoms with Crippen LogP contribution in [0.2, 0.25) is 0 Å². The summed E-state index contributed by atoms with van der Waals surface area (Å²) in [6, 6.07) is 10.9. The van der Waals surface area contributed by atoms with Gasteiger partial charge in [-0.15, -0.1) is 0 Å². The maximum Gasteiger partial charge on any atom is 0.280 e. The van der Waals surface area contributed by atoms with Crippen molar-refractivity contribution in [2.24, 2.45) is 0 Å². The van der Waals surface area contributed by atoms with E-state index in [-0.39, 0.29) is 11.1 Å². The first-order valence-electron chi connectivity index (χ1n) is 7.27. The number of hydrogen-bond donors (Lipinski definition) is 1. The Morgan fingerprint density at radius 1 is 1.29 bits per heavy atom. The third-order valence-corrected chi connectivity index (χ3v) is 4.25. The van der Waals surface area contributed by atoms with Gasteiger partial charge in [0.1, 0.15) is 5.82 Å². The zero-order valence-corrected chi connectivity index (χ0v) is 14.3. The molecule has 24 heavy (non-hydrogen) atoms. The van der Waals surface area contributed by atoms with E-state index >= 15 is 0 Å². The maximum atomic E-state index is 13.5. The van der Waals surface area contributed by atoms with Crippen molar-refractivity contribution in [2.75, 3.05) is 5.32 Å². The first-order valence-corrected chi connectivity index (χ1v) is 8.07. The highest BCUT2D eigenvalue weighted by Crippen LogP contribution is 2.21. The monoisotopic (exact) mass is 389 g/mol. The minimum atomic E-state index is -0.639. The lowest BCUT2D eigenvalue weighted by molar-refractivity contribution is 0.101. The Bertz CT molecular complexity index is 1000. The molecule has 1 amide bonds. The van der Waals surface area contributed by atoms with E-state index in [0.29, 0.717) is 22.2 Å². The van der Waals surface area contributed by atoms with E-state index in [1.807, 2.05) is 6.92 Å². The van der Waals surface area contributed by atoms with Gasteiger partial charge in [-0.25, -0.2) is 4.39 Å². The summed E-state index contributed by atoms with van der Waals surface area (Å²) in [5.74, 6) is -1.18. The van der Waals surface area contributed by atoms with E-state index in [1.165, 1.54) is 16.8 Å². The van der Waals surface area contributed by atoms with Gasteiger partial charge in [0.2, 0.25) is 5.43 Å². The number of carbonyl (C=O) groups excluding carboxylic acids is 1. The van der Waals surface area contributed by atoms with Crippen molar-refractivity contribution in [3.8, 4) is 0 Å². The number of para-hydroxylation sites is 1. The predicted octanol–water partition coefficient (Wildman–Crippen LogP) is 3.57. The van der Waals surface area contributed by atoms with Gasteiger partial charge in [0.25, 0.3) is 5.91 Å². The molecule has 3 rings (SSSR count). The molecule has 0 bridgehead atoms. The van der Waals surface area contributed by atoms with E-state index in [4.69, 9.17) is 0 Å². The Kier molecular flexibility index (Phi) is 4.44. The number of halogens is 2. The van der Waals surface area contributed by atoms with Crippen LogP contribution in [-0.2, 0) is 6.54 Å². The lowest BCUT2D eigenvalue weighted by atomic mass is 10.2. The second-order valence-corrected chi connectivity index (χ2v) is 5.94. The number of nitrogens with zero attached hydrogens (tertiary/aromatic N) is 2. The highest BCUT2D eigenvalue weighted by Gasteiger charge is 2.18. The fraction of sp³-hybridized carbons (Fsp3) is 0.118. The molecule has 0 unspecified atom stereocenters. The largest absolute Gasteiger partial charge is 0.319 e. The molecular formula is C17H13BrFN3O2. The Morgan fingerprint density at radius 2 is 2.04 bits per heavy atom. The smallest absolute Gasteiger partial charge is 0.280 e. The standard InChI is InChI=1S/C17H13BrFN3O2/c1-2-22-14-8-7-10(19)9-11(14)16(23)15(21-22)17(24)20-13-6-4-3-5-12(13)18/h3-9H,2H2,1H3,(H,20,24). The molecule has 3 aromatic rings. The fourth-order valence-corrected chi connectivity index (χ4v) is 2.78. The molecule has 0 radical (unpaired) electrons. The van der Waals surface area contributed by atoms with Gasteiger partial charge in [0.05, 0.1) is 16.6 Å². The first-order chi connectivity index (χ1) is 11.5. The number of aryl methyl sites for hydroxylation is 1. The van der Waals surface area contributed by atoms with Crippen molar-refractivity contribution in [3.63, 3.8) is 0 Å². The molecule has 0 saturated heterocycles. The highest BCUT2D eigenvalue weighted by molar-refractivity contribution is 9.10. The Morgan fingerprint density at radius 3 is 2.75 bits per heavy atom. The van der Waals surface area contributed by atoms with Crippen molar-refractivity contribution in [1.29, 1.82) is 0 Å². The number of carbonyl (C=O) groups is 1. The Hall–Kier alpha value is -2.54. The maximum absolute atomic E-state index is 13.5. The molecule has 0 atom stereocenters. The highest BCUT2D eigenvalue weighted by atomic mass is 79.9. The van der Waals surface area contributed by atoms with Crippen molar-refractivity contribution in [3.05, 3.63) is 68.7 Å². The topological polar surface area (TPSA) is 64.0 Å². The molecule has 1 aromatic heterocycles. The number of benzene rings is 2. The van der Waals surface area contributed by atoms with E-state index in [1.54, 1.807) is 24.3 Å². The molecule has 1 N–H and O–H groups in total. The number of hydrogen-bond acceptors (Lipinski definition) is 3. The minimum Gasteiger partial charge on any atom is -0.319 e. The van der Waals surface area contributed by atoms with Crippen molar-refractivity contribution >= 4 is 38.4 Å². The van der Waals surface area contributed by atoms with E-state index < -0.39 is 17.2 Å². The molecule has 1 heterocycles. The summed E-state index contributed by atoms with van der Waals surface area (Å²) < 4.78 is 15.7. The van der Waals surface area contributed by atoms with Gasteiger partial charge in [-0.1, -0.05) is 12.1 Å². The number of fused-ring (bicyclic) bond motifs is 1. The average molecular weight is 390 g/mol. The Balaban J connectivity index is 2.12. The number of anilines is 1. The quantitative estimate of drug-likeness (QED) is 0.744. The van der Waals surface area contributed by atoms with Gasteiger partial charge >= 0.3 is 0 Å². The van der Waals surface area contributed by atoms with E-state index in [2.05, 4.69) is 26.3 Å². The van der Waals surface area contributed by atoms with Crippen LogP contribution in [0.25, 0.3) is 10.9 Å². The molecule has 0 aliphatic heterocycles. The first kappa shape index (κ1) is 16.3. The van der Waals surface area contributed by atoms with Crippen molar-refractivity contribution < 1.29 is 9.18 Å². The lowest BCUT2D eigenvalue weighted by Gasteiger charge is -2.11. The third-order valence-electron chi connectivity index (χ3n) is 3.55.